The molecule has 32 heavy (non-hydrogen) atoms. The van der Waals surface area contributed by atoms with E-state index in [1.54, 1.807) is 11.0 Å². The zero-order chi connectivity index (χ0) is 24.3. The van der Waals surface area contributed by atoms with E-state index in [4.69, 9.17) is 10.3 Å². The summed E-state index contributed by atoms with van der Waals surface area (Å²) in [6, 6.07) is -0.782. The quantitative estimate of drug-likeness (QED) is 0.128. The van der Waals surface area contributed by atoms with Crippen LogP contribution in [0.4, 0.5) is 0 Å². The minimum absolute atomic E-state index is 0.237. The van der Waals surface area contributed by atoms with E-state index < -0.39 is 36.4 Å². The highest BCUT2D eigenvalue weighted by molar-refractivity contribution is 5.89. The molecule has 1 saturated heterocycles. The molecule has 2 amide bonds. The van der Waals surface area contributed by atoms with Crippen LogP contribution in [0, 0.1) is 10.9 Å². The molecule has 0 radical (unpaired) electrons. The Morgan fingerprint density at radius 2 is 2.03 bits per heavy atom. The Bertz CT molecular complexity index is 689. The molecule has 5 N–H and O–H groups in total. The number of nitrogens with zero attached hydrogens (tertiary/aromatic N) is 3. The number of hydrogen-bond donors (Lipinski definition) is 5. The molecule has 1 rings (SSSR count). The maximum absolute atomic E-state index is 12.9. The number of nitrogens with one attached hydrogen (secondary N) is 2. The third-order valence-corrected chi connectivity index (χ3v) is 5.17. The third kappa shape index (κ3) is 9.13. The lowest BCUT2D eigenvalue weighted by Gasteiger charge is -2.29. The topological polar surface area (TPSA) is 170 Å². The fourth-order valence-electron chi connectivity index (χ4n) is 3.38. The number of amides is 2. The Balaban J connectivity index is 2.79. The van der Waals surface area contributed by atoms with Crippen molar-refractivity contribution >= 4 is 11.8 Å². The van der Waals surface area contributed by atoms with Gasteiger partial charge in [0.05, 0.1) is 0 Å². The van der Waals surface area contributed by atoms with Crippen molar-refractivity contribution in [2.75, 3.05) is 26.7 Å². The van der Waals surface area contributed by atoms with Crippen molar-refractivity contribution in [2.45, 2.75) is 76.9 Å². The fourth-order valence-corrected chi connectivity index (χ4v) is 3.38. The van der Waals surface area contributed by atoms with E-state index in [0.717, 1.165) is 12.8 Å². The van der Waals surface area contributed by atoms with Crippen LogP contribution in [0.3, 0.4) is 0 Å². The van der Waals surface area contributed by atoms with Gasteiger partial charge in [-0.3, -0.25) is 9.59 Å². The van der Waals surface area contributed by atoms with Gasteiger partial charge in [-0.05, 0) is 31.1 Å². The number of aliphatic hydroxyl groups is 3. The minimum atomic E-state index is -1.70. The molecule has 11 heteroatoms. The molecule has 0 aromatic rings. The molecule has 0 aromatic heterocycles. The number of likely N-dealkylation sites (tertiary alicyclic amines) is 1. The Labute approximate surface area is 189 Å². The van der Waals surface area contributed by atoms with E-state index in [2.05, 4.69) is 15.3 Å². The van der Waals surface area contributed by atoms with Crippen molar-refractivity contribution in [2.24, 2.45) is 10.5 Å². The van der Waals surface area contributed by atoms with Crippen molar-refractivity contribution < 1.29 is 29.6 Å². The summed E-state index contributed by atoms with van der Waals surface area (Å²) in [4.78, 5) is 30.2. The summed E-state index contributed by atoms with van der Waals surface area (Å²) in [7, 11) is 1.21. The summed E-state index contributed by atoms with van der Waals surface area (Å²) in [5.41, 5.74) is 6.43. The molecule has 0 aliphatic carbocycles. The largest absolute Gasteiger partial charge is 0.387 e. The molecule has 11 nitrogen and oxygen atoms in total. The zero-order valence-corrected chi connectivity index (χ0v) is 19.4. The van der Waals surface area contributed by atoms with Crippen molar-refractivity contribution in [3.8, 4) is 0 Å². The number of aliphatic hydroxyl groups excluding tert-OH is 3. The minimum Gasteiger partial charge on any atom is -0.387 e. The molecule has 182 valence electrons. The summed E-state index contributed by atoms with van der Waals surface area (Å²) >= 11 is 0. The van der Waals surface area contributed by atoms with Crippen LogP contribution < -0.4 is 10.2 Å². The van der Waals surface area contributed by atoms with Crippen LogP contribution in [0.2, 0.25) is 0 Å². The van der Waals surface area contributed by atoms with Crippen LogP contribution in [-0.2, 0) is 14.3 Å². The van der Waals surface area contributed by atoms with Crippen molar-refractivity contribution in [3.05, 3.63) is 12.2 Å². The van der Waals surface area contributed by atoms with Crippen LogP contribution in [0.15, 0.2) is 17.3 Å². The van der Waals surface area contributed by atoms with Crippen LogP contribution in [-0.4, -0.2) is 89.2 Å². The predicted octanol–water partition coefficient (Wildman–Crippen LogP) is 0.124. The average molecular weight is 457 g/mol. The van der Waals surface area contributed by atoms with Gasteiger partial charge in [0.25, 0.3) is 5.91 Å². The second kappa shape index (κ2) is 13.4. The van der Waals surface area contributed by atoms with E-state index in [1.165, 1.54) is 13.2 Å². The second-order valence-corrected chi connectivity index (χ2v) is 9.05. The summed E-state index contributed by atoms with van der Waals surface area (Å²) < 4.78 is 5.09. The molecule has 1 fully saturated rings. The van der Waals surface area contributed by atoms with E-state index in [0.29, 0.717) is 32.5 Å². The van der Waals surface area contributed by atoms with Gasteiger partial charge < -0.3 is 30.3 Å². The lowest BCUT2D eigenvalue weighted by atomic mass is 9.94. The summed E-state index contributed by atoms with van der Waals surface area (Å²) in [6.07, 6.45) is -0.637. The van der Waals surface area contributed by atoms with E-state index in [9.17, 15) is 24.9 Å². The molecule has 1 aliphatic heterocycles. The van der Waals surface area contributed by atoms with Crippen LogP contribution >= 0.6 is 0 Å². The number of hydrogen-bond acceptors (Lipinski definition) is 8. The summed E-state index contributed by atoms with van der Waals surface area (Å²) in [5, 5.41) is 37.1. The molecular weight excluding hydrogens is 418 g/mol. The molecule has 0 saturated carbocycles. The number of ether oxygens (including phenoxy) is 1. The Morgan fingerprint density at radius 1 is 1.34 bits per heavy atom. The first kappa shape index (κ1) is 27.9. The van der Waals surface area contributed by atoms with Crippen LogP contribution in [0.1, 0.15) is 46.5 Å². The molecule has 1 aliphatic rings. The molecule has 0 spiro atoms. The first-order valence-corrected chi connectivity index (χ1v) is 10.9. The van der Waals surface area contributed by atoms with Crippen LogP contribution in [0.5, 0.6) is 0 Å². The monoisotopic (exact) mass is 456 g/mol. The van der Waals surface area contributed by atoms with Gasteiger partial charge in [0.15, 0.2) is 6.10 Å². The second-order valence-electron chi connectivity index (χ2n) is 9.05. The average Bonchev–Trinajstić information content (AvgIpc) is 2.90. The SMILES string of the molecule is CO[C@@H](C(=O)N[C@H]1CCCCN(CCCN=[N+]=N)C1=O)[C@H](O)[C@@H](O)[C@H](O)C=CC(C)(C)C. The molecule has 0 bridgehead atoms. The van der Waals surface area contributed by atoms with Gasteiger partial charge in [0.2, 0.25) is 10.8 Å². The molecule has 5 atom stereocenters. The number of carbonyl (C=O) groups is 2. The van der Waals surface area contributed by atoms with Gasteiger partial charge in [-0.2, -0.15) is 0 Å². The lowest BCUT2D eigenvalue weighted by Crippen LogP contribution is -2.55. The smallest absolute Gasteiger partial charge is 0.252 e. The third-order valence-electron chi connectivity index (χ3n) is 5.17. The normalized spacial score (nSPS) is 21.4. The molecule has 0 aromatic carbocycles. The maximum Gasteiger partial charge on any atom is 0.252 e. The highest BCUT2D eigenvalue weighted by Gasteiger charge is 2.37. The fraction of sp³-hybridized carbons (Fsp3) is 0.810. The van der Waals surface area contributed by atoms with Gasteiger partial charge in [0.1, 0.15) is 41.5 Å². The highest BCUT2D eigenvalue weighted by Crippen LogP contribution is 2.18. The van der Waals surface area contributed by atoms with E-state index in [-0.39, 0.29) is 11.3 Å². The van der Waals surface area contributed by atoms with Crippen molar-refractivity contribution in [3.63, 3.8) is 0 Å². The molecule has 0 unspecified atom stereocenters. The Morgan fingerprint density at radius 3 is 2.62 bits per heavy atom. The Hall–Kier alpha value is -2.17. The van der Waals surface area contributed by atoms with Gasteiger partial charge in [-0.15, -0.1) is 0 Å². The molecular formula is C21H38N5O6+. The maximum atomic E-state index is 12.9. The van der Waals surface area contributed by atoms with Crippen molar-refractivity contribution in [1.82, 2.24) is 15.1 Å². The number of allylic oxidation sites excluding steroid dienone is 1. The zero-order valence-electron chi connectivity index (χ0n) is 19.4. The van der Waals surface area contributed by atoms with E-state index >= 15 is 0 Å². The predicted molar refractivity (Wildman–Crippen MR) is 117 cm³/mol. The Kier molecular flexibility index (Phi) is 11.7. The first-order valence-electron chi connectivity index (χ1n) is 10.9. The van der Waals surface area contributed by atoms with Gasteiger partial charge in [-0.25, -0.2) is 0 Å². The first-order chi connectivity index (χ1) is 15.0. The standard InChI is InChI=1S/C21H37N5O6/c1-21(2,3)10-9-15(27)16(28)17(29)18(32-4)19(30)24-14-8-5-6-12-26(20(14)31)13-7-11-23-25-22/h9-10,14-18,22,27-29H,5-8,11-13H2,1-4H3/p+1/t14-,15+,16-,17+,18+/m0/s1. The molecule has 1 heterocycles. The van der Waals surface area contributed by atoms with Crippen LogP contribution in [0.25, 0.3) is 0 Å². The van der Waals surface area contributed by atoms with Gasteiger partial charge in [-0.1, -0.05) is 32.9 Å². The highest BCUT2D eigenvalue weighted by atomic mass is 16.5. The van der Waals surface area contributed by atoms with E-state index in [1.807, 2.05) is 20.8 Å². The lowest BCUT2D eigenvalue weighted by molar-refractivity contribution is -0.151. The number of rotatable bonds is 11. The van der Waals surface area contributed by atoms with Gasteiger partial charge >= 0.3 is 0 Å². The number of methoxy groups -OCH3 is 1. The van der Waals surface area contributed by atoms with Crippen molar-refractivity contribution in [1.29, 1.82) is 5.53 Å². The van der Waals surface area contributed by atoms with Gasteiger partial charge in [0, 0.05) is 20.2 Å². The summed E-state index contributed by atoms with van der Waals surface area (Å²) in [6.45, 7) is 7.08. The number of carbonyl (C=O) groups excluding carboxylic acids is 2. The summed E-state index contributed by atoms with van der Waals surface area (Å²) in [5.74, 6) is -0.981.